The van der Waals surface area contributed by atoms with Crippen LogP contribution < -0.4 is 11.1 Å². The molecule has 1 heterocycles. The molecule has 21 heavy (non-hydrogen) atoms. The molecule has 0 bridgehead atoms. The van der Waals surface area contributed by atoms with E-state index in [0.717, 1.165) is 0 Å². The summed E-state index contributed by atoms with van der Waals surface area (Å²) in [5.74, 6) is -0.154. The van der Waals surface area contributed by atoms with E-state index in [-0.39, 0.29) is 17.7 Å². The number of hydrogen-bond acceptors (Lipinski definition) is 4. The van der Waals surface area contributed by atoms with Crippen molar-refractivity contribution in [3.05, 3.63) is 29.8 Å². The summed E-state index contributed by atoms with van der Waals surface area (Å²) in [6.07, 6.45) is 1.28. The van der Waals surface area contributed by atoms with Crippen molar-refractivity contribution in [3.63, 3.8) is 0 Å². The Hall–Kier alpha value is -1.60. The Morgan fingerprint density at radius 2 is 1.95 bits per heavy atom. The Kier molecular flexibility index (Phi) is 4.84. The molecule has 2 rings (SSSR count). The normalized spacial score (nSPS) is 17.6. The fraction of sp³-hybridized carbons (Fsp3) is 0.500. The van der Waals surface area contributed by atoms with Gasteiger partial charge in [-0.25, -0.2) is 12.7 Å². The van der Waals surface area contributed by atoms with Crippen LogP contribution in [0.3, 0.4) is 0 Å². The molecule has 116 valence electrons. The number of piperidine rings is 1. The van der Waals surface area contributed by atoms with Gasteiger partial charge in [-0.2, -0.15) is 0 Å². The first-order valence-corrected chi connectivity index (χ1v) is 8.58. The third-order valence-corrected chi connectivity index (χ3v) is 5.48. The van der Waals surface area contributed by atoms with Gasteiger partial charge in [0.2, 0.25) is 15.9 Å². The van der Waals surface area contributed by atoms with Gasteiger partial charge in [0.05, 0.1) is 5.75 Å². The van der Waals surface area contributed by atoms with E-state index in [1.54, 1.807) is 24.3 Å². The number of amides is 1. The zero-order valence-electron chi connectivity index (χ0n) is 12.1. The van der Waals surface area contributed by atoms with E-state index in [1.807, 2.05) is 0 Å². The van der Waals surface area contributed by atoms with E-state index >= 15 is 0 Å². The van der Waals surface area contributed by atoms with Gasteiger partial charge in [0.25, 0.3) is 0 Å². The summed E-state index contributed by atoms with van der Waals surface area (Å²) in [4.78, 5) is 11.0. The predicted octanol–water partition coefficient (Wildman–Crippen LogP) is 0.699. The number of nitrogens with zero attached hydrogens (tertiary/aromatic N) is 1. The van der Waals surface area contributed by atoms with Gasteiger partial charge in [-0.15, -0.1) is 0 Å². The highest BCUT2D eigenvalue weighted by molar-refractivity contribution is 7.88. The van der Waals surface area contributed by atoms with Crippen molar-refractivity contribution in [3.8, 4) is 0 Å². The molecule has 6 nitrogen and oxygen atoms in total. The minimum Gasteiger partial charge on any atom is -0.398 e. The number of nitrogens with one attached hydrogen (secondary N) is 1. The maximum absolute atomic E-state index is 12.4. The number of carbonyl (C=O) groups is 1. The molecular weight excluding hydrogens is 290 g/mol. The summed E-state index contributed by atoms with van der Waals surface area (Å²) < 4.78 is 26.3. The van der Waals surface area contributed by atoms with Crippen LogP contribution >= 0.6 is 0 Å². The molecule has 0 saturated carbocycles. The standard InChI is InChI=1S/C14H21N3O3S/c1-11(18)16-13-6-8-17(9-7-13)21(19,20)10-12-4-2-3-5-14(12)15/h2-5,13H,6-10,15H2,1H3,(H,16,18). The maximum atomic E-state index is 12.4. The number of nitrogens with two attached hydrogens (primary N) is 1. The van der Waals surface area contributed by atoms with Crippen LogP contribution in [0.4, 0.5) is 5.69 Å². The third kappa shape index (κ3) is 4.18. The van der Waals surface area contributed by atoms with Crippen molar-refractivity contribution in [2.45, 2.75) is 31.6 Å². The van der Waals surface area contributed by atoms with Gasteiger partial charge >= 0.3 is 0 Å². The van der Waals surface area contributed by atoms with Crippen LogP contribution in [0.5, 0.6) is 0 Å². The lowest BCUT2D eigenvalue weighted by molar-refractivity contribution is -0.119. The van der Waals surface area contributed by atoms with Crippen LogP contribution in [0.25, 0.3) is 0 Å². The van der Waals surface area contributed by atoms with Crippen LogP contribution in [0.15, 0.2) is 24.3 Å². The first-order valence-electron chi connectivity index (χ1n) is 6.97. The number of carbonyl (C=O) groups excluding carboxylic acids is 1. The topological polar surface area (TPSA) is 92.5 Å². The highest BCUT2D eigenvalue weighted by atomic mass is 32.2. The van der Waals surface area contributed by atoms with Crippen LogP contribution in [0.1, 0.15) is 25.3 Å². The average Bonchev–Trinajstić information content (AvgIpc) is 2.41. The van der Waals surface area contributed by atoms with E-state index in [2.05, 4.69) is 5.32 Å². The molecule has 1 fully saturated rings. The minimum absolute atomic E-state index is 0.0655. The number of sulfonamides is 1. The lowest BCUT2D eigenvalue weighted by Gasteiger charge is -2.31. The smallest absolute Gasteiger partial charge is 0.218 e. The summed E-state index contributed by atoms with van der Waals surface area (Å²) >= 11 is 0. The van der Waals surface area contributed by atoms with Crippen LogP contribution in [-0.2, 0) is 20.6 Å². The van der Waals surface area contributed by atoms with Gasteiger partial charge in [-0.1, -0.05) is 18.2 Å². The summed E-state index contributed by atoms with van der Waals surface area (Å²) in [5.41, 5.74) is 6.92. The molecule has 0 atom stereocenters. The number of rotatable bonds is 4. The van der Waals surface area contributed by atoms with E-state index in [0.29, 0.717) is 37.2 Å². The maximum Gasteiger partial charge on any atom is 0.218 e. The SMILES string of the molecule is CC(=O)NC1CCN(S(=O)(=O)Cc2ccccc2N)CC1. The van der Waals surface area contributed by atoms with Crippen molar-refractivity contribution < 1.29 is 13.2 Å². The number of benzene rings is 1. The quantitative estimate of drug-likeness (QED) is 0.801. The molecule has 0 unspecified atom stereocenters. The van der Waals surface area contributed by atoms with Crippen LogP contribution in [0.2, 0.25) is 0 Å². The van der Waals surface area contributed by atoms with Crippen LogP contribution in [-0.4, -0.2) is 37.8 Å². The Bertz CT molecular complexity index is 608. The van der Waals surface area contributed by atoms with E-state index in [9.17, 15) is 13.2 Å². The summed E-state index contributed by atoms with van der Waals surface area (Å²) in [7, 11) is -3.37. The monoisotopic (exact) mass is 311 g/mol. The van der Waals surface area contributed by atoms with E-state index in [4.69, 9.17) is 5.73 Å². The molecule has 0 aromatic heterocycles. The van der Waals surface area contributed by atoms with E-state index in [1.165, 1.54) is 11.2 Å². The van der Waals surface area contributed by atoms with E-state index < -0.39 is 10.0 Å². The molecule has 0 spiro atoms. The largest absolute Gasteiger partial charge is 0.398 e. The number of para-hydroxylation sites is 1. The number of hydrogen-bond donors (Lipinski definition) is 2. The lowest BCUT2D eigenvalue weighted by Crippen LogP contribution is -2.46. The molecule has 3 N–H and O–H groups in total. The summed E-state index contributed by atoms with van der Waals surface area (Å²) in [6, 6.07) is 7.06. The molecule has 1 aromatic rings. The van der Waals surface area contributed by atoms with Crippen molar-refractivity contribution in [2.75, 3.05) is 18.8 Å². The fourth-order valence-electron chi connectivity index (χ4n) is 2.52. The van der Waals surface area contributed by atoms with Crippen molar-refractivity contribution in [1.29, 1.82) is 0 Å². The fourth-order valence-corrected chi connectivity index (χ4v) is 4.12. The van der Waals surface area contributed by atoms with Gasteiger partial charge in [-0.05, 0) is 24.5 Å². The Morgan fingerprint density at radius 1 is 1.33 bits per heavy atom. The first kappa shape index (κ1) is 15.8. The Labute approximate surface area is 125 Å². The minimum atomic E-state index is -3.37. The van der Waals surface area contributed by atoms with Crippen LogP contribution in [0, 0.1) is 0 Å². The Balaban J connectivity index is 1.99. The van der Waals surface area contributed by atoms with Gasteiger partial charge in [0.15, 0.2) is 0 Å². The second-order valence-electron chi connectivity index (χ2n) is 5.33. The molecule has 0 radical (unpaired) electrons. The van der Waals surface area contributed by atoms with Gasteiger partial charge in [-0.3, -0.25) is 4.79 Å². The second kappa shape index (κ2) is 6.44. The highest BCUT2D eigenvalue weighted by Crippen LogP contribution is 2.20. The molecular formula is C14H21N3O3S. The molecule has 1 aromatic carbocycles. The van der Waals surface area contributed by atoms with Gasteiger partial charge in [0.1, 0.15) is 0 Å². The molecule has 0 aliphatic carbocycles. The molecule has 1 aliphatic rings. The van der Waals surface area contributed by atoms with Crippen molar-refractivity contribution in [2.24, 2.45) is 0 Å². The van der Waals surface area contributed by atoms with Gasteiger partial charge < -0.3 is 11.1 Å². The zero-order valence-corrected chi connectivity index (χ0v) is 12.9. The second-order valence-corrected chi connectivity index (χ2v) is 7.30. The molecule has 1 saturated heterocycles. The number of nitrogen functional groups attached to an aromatic ring is 1. The van der Waals surface area contributed by atoms with Crippen molar-refractivity contribution in [1.82, 2.24) is 9.62 Å². The summed E-state index contributed by atoms with van der Waals surface area (Å²) in [6.45, 7) is 2.33. The number of anilines is 1. The van der Waals surface area contributed by atoms with Gasteiger partial charge in [0, 0.05) is 31.7 Å². The van der Waals surface area contributed by atoms with Crippen molar-refractivity contribution >= 4 is 21.6 Å². The molecule has 1 amide bonds. The predicted molar refractivity (Wildman–Crippen MR) is 81.9 cm³/mol. The Morgan fingerprint density at radius 3 is 2.52 bits per heavy atom. The first-order chi connectivity index (χ1) is 9.88. The highest BCUT2D eigenvalue weighted by Gasteiger charge is 2.28. The summed E-state index contributed by atoms with van der Waals surface area (Å²) in [5, 5.41) is 2.83. The third-order valence-electron chi connectivity index (χ3n) is 3.65. The zero-order chi connectivity index (χ0) is 15.5. The lowest BCUT2D eigenvalue weighted by atomic mass is 10.1. The molecule has 7 heteroatoms. The molecule has 1 aliphatic heterocycles. The average molecular weight is 311 g/mol.